The van der Waals surface area contributed by atoms with Crippen molar-refractivity contribution in [3.8, 4) is 16.9 Å². The number of aromatic nitrogens is 5. The Bertz CT molecular complexity index is 1100. The highest BCUT2D eigenvalue weighted by molar-refractivity contribution is 5.90. The summed E-state index contributed by atoms with van der Waals surface area (Å²) in [6, 6.07) is 10.9. The van der Waals surface area contributed by atoms with Crippen LogP contribution >= 0.6 is 0 Å². The molecule has 0 saturated carbocycles. The van der Waals surface area contributed by atoms with E-state index in [9.17, 15) is 4.79 Å². The second kappa shape index (κ2) is 6.79. The predicted molar refractivity (Wildman–Crippen MR) is 100 cm³/mol. The van der Waals surface area contributed by atoms with Crippen molar-refractivity contribution < 1.29 is 9.53 Å². The molecule has 0 atom stereocenters. The number of carbonyl (C=O) groups is 1. The van der Waals surface area contributed by atoms with E-state index in [1.165, 1.54) is 0 Å². The van der Waals surface area contributed by atoms with Crippen LogP contribution in [-0.4, -0.2) is 37.4 Å². The largest absolute Gasteiger partial charge is 0.497 e. The van der Waals surface area contributed by atoms with Crippen molar-refractivity contribution in [3.63, 3.8) is 0 Å². The van der Waals surface area contributed by atoms with E-state index < -0.39 is 0 Å². The van der Waals surface area contributed by atoms with Crippen LogP contribution < -0.4 is 15.8 Å². The monoisotopic (exact) mass is 363 g/mol. The lowest BCUT2D eigenvalue weighted by molar-refractivity contribution is -0.116. The normalized spacial score (nSPS) is 10.9. The molecule has 0 bridgehead atoms. The van der Waals surface area contributed by atoms with Crippen LogP contribution in [0, 0.1) is 0 Å². The van der Waals surface area contributed by atoms with E-state index in [0.29, 0.717) is 11.3 Å². The number of methoxy groups -OCH3 is 1. The average molecular weight is 363 g/mol. The molecule has 9 heteroatoms. The van der Waals surface area contributed by atoms with Crippen LogP contribution in [0.15, 0.2) is 55.0 Å². The molecule has 3 aromatic heterocycles. The molecule has 0 radical (unpaired) electrons. The van der Waals surface area contributed by atoms with Crippen LogP contribution in [0.4, 0.5) is 11.6 Å². The molecule has 9 nitrogen and oxygen atoms in total. The quantitative estimate of drug-likeness (QED) is 0.559. The fraction of sp³-hybridized carbons (Fsp3) is 0.111. The number of carbonyl (C=O) groups excluding carboxylic acids is 1. The zero-order chi connectivity index (χ0) is 18.8. The molecule has 1 amide bonds. The second-order valence-corrected chi connectivity index (χ2v) is 5.89. The first-order chi connectivity index (χ1) is 13.1. The molecule has 0 saturated heterocycles. The standard InChI is InChI=1S/C18H17N7O2/c1-27-15-4-2-14(3-5-15)21-17(26)11-24-10-13(9-20-24)12-6-7-25-16(8-12)22-18(19)23-25/h2-10H,11H2,1H3,(H2,19,23)(H,21,26). The van der Waals surface area contributed by atoms with Gasteiger partial charge in [0.1, 0.15) is 12.3 Å². The highest BCUT2D eigenvalue weighted by Gasteiger charge is 2.09. The number of pyridine rings is 1. The summed E-state index contributed by atoms with van der Waals surface area (Å²) in [6.45, 7) is 0.103. The third-order valence-electron chi connectivity index (χ3n) is 4.00. The van der Waals surface area contributed by atoms with Gasteiger partial charge in [-0.1, -0.05) is 0 Å². The summed E-state index contributed by atoms with van der Waals surface area (Å²) >= 11 is 0. The van der Waals surface area contributed by atoms with Crippen molar-refractivity contribution in [2.24, 2.45) is 0 Å². The molecule has 136 valence electrons. The Morgan fingerprint density at radius 3 is 2.81 bits per heavy atom. The summed E-state index contributed by atoms with van der Waals surface area (Å²) in [5.41, 5.74) is 8.74. The van der Waals surface area contributed by atoms with E-state index >= 15 is 0 Å². The Balaban J connectivity index is 1.45. The molecular weight excluding hydrogens is 346 g/mol. The smallest absolute Gasteiger partial charge is 0.246 e. The predicted octanol–water partition coefficient (Wildman–Crippen LogP) is 1.82. The lowest BCUT2D eigenvalue weighted by Gasteiger charge is -2.06. The number of amides is 1. The molecule has 0 aliphatic carbocycles. The fourth-order valence-corrected chi connectivity index (χ4v) is 2.70. The maximum absolute atomic E-state index is 12.2. The highest BCUT2D eigenvalue weighted by atomic mass is 16.5. The van der Waals surface area contributed by atoms with Gasteiger partial charge in [0, 0.05) is 23.6 Å². The summed E-state index contributed by atoms with van der Waals surface area (Å²) < 4.78 is 8.28. The molecule has 1 aromatic carbocycles. The van der Waals surface area contributed by atoms with Crippen molar-refractivity contribution in [2.45, 2.75) is 6.54 Å². The first-order valence-corrected chi connectivity index (χ1v) is 8.19. The maximum atomic E-state index is 12.2. The minimum absolute atomic E-state index is 0.103. The molecule has 0 aliphatic rings. The van der Waals surface area contributed by atoms with Crippen molar-refractivity contribution in [1.29, 1.82) is 0 Å². The number of nitrogens with one attached hydrogen (secondary N) is 1. The number of hydrogen-bond acceptors (Lipinski definition) is 6. The van der Waals surface area contributed by atoms with Crippen LogP contribution in [0.25, 0.3) is 16.8 Å². The average Bonchev–Trinajstić information content (AvgIpc) is 3.27. The number of anilines is 2. The van der Waals surface area contributed by atoms with Gasteiger partial charge in [-0.15, -0.1) is 5.10 Å². The maximum Gasteiger partial charge on any atom is 0.246 e. The van der Waals surface area contributed by atoms with Gasteiger partial charge in [0.25, 0.3) is 0 Å². The lowest BCUT2D eigenvalue weighted by atomic mass is 10.1. The summed E-state index contributed by atoms with van der Waals surface area (Å²) in [4.78, 5) is 16.4. The molecule has 0 fully saturated rings. The van der Waals surface area contributed by atoms with Crippen LogP contribution in [0.1, 0.15) is 0 Å². The summed E-state index contributed by atoms with van der Waals surface area (Å²) in [5.74, 6) is 0.782. The highest BCUT2D eigenvalue weighted by Crippen LogP contribution is 2.20. The van der Waals surface area contributed by atoms with Gasteiger partial charge in [-0.3, -0.25) is 9.48 Å². The Morgan fingerprint density at radius 1 is 1.22 bits per heavy atom. The number of rotatable bonds is 5. The Kier molecular flexibility index (Phi) is 4.17. The van der Waals surface area contributed by atoms with Crippen molar-refractivity contribution in [1.82, 2.24) is 24.4 Å². The molecule has 0 unspecified atom stereocenters. The zero-order valence-electron chi connectivity index (χ0n) is 14.5. The number of ether oxygens (including phenoxy) is 1. The Labute approximate surface area is 154 Å². The van der Waals surface area contributed by atoms with Gasteiger partial charge in [-0.2, -0.15) is 10.1 Å². The van der Waals surface area contributed by atoms with Gasteiger partial charge >= 0.3 is 0 Å². The number of fused-ring (bicyclic) bond motifs is 1. The minimum atomic E-state index is -0.171. The molecule has 27 heavy (non-hydrogen) atoms. The molecule has 3 N–H and O–H groups in total. The molecule has 4 aromatic rings. The van der Waals surface area contributed by atoms with Crippen LogP contribution in [0.3, 0.4) is 0 Å². The zero-order valence-corrected chi connectivity index (χ0v) is 14.5. The van der Waals surface area contributed by atoms with E-state index in [2.05, 4.69) is 20.5 Å². The Morgan fingerprint density at radius 2 is 2.04 bits per heavy atom. The van der Waals surface area contributed by atoms with Crippen LogP contribution in [0.5, 0.6) is 5.75 Å². The SMILES string of the molecule is COc1ccc(NC(=O)Cn2cc(-c3ccn4nc(N)nc4c3)cn2)cc1. The number of nitrogens with zero attached hydrogens (tertiary/aromatic N) is 5. The van der Waals surface area contributed by atoms with E-state index in [0.717, 1.165) is 16.9 Å². The van der Waals surface area contributed by atoms with E-state index in [4.69, 9.17) is 10.5 Å². The topological polar surface area (TPSA) is 112 Å². The van der Waals surface area contributed by atoms with Crippen LogP contribution in [0.2, 0.25) is 0 Å². The minimum Gasteiger partial charge on any atom is -0.497 e. The summed E-state index contributed by atoms with van der Waals surface area (Å²) in [7, 11) is 1.60. The van der Waals surface area contributed by atoms with Gasteiger partial charge in [-0.05, 0) is 42.0 Å². The van der Waals surface area contributed by atoms with Crippen LogP contribution in [-0.2, 0) is 11.3 Å². The van der Waals surface area contributed by atoms with Gasteiger partial charge in [0.05, 0.1) is 13.3 Å². The third-order valence-corrected chi connectivity index (χ3v) is 4.00. The lowest BCUT2D eigenvalue weighted by Crippen LogP contribution is -2.18. The first-order valence-electron chi connectivity index (χ1n) is 8.19. The van der Waals surface area contributed by atoms with E-state index in [1.54, 1.807) is 59.2 Å². The van der Waals surface area contributed by atoms with Gasteiger partial charge in [0.15, 0.2) is 5.65 Å². The van der Waals surface area contributed by atoms with Crippen molar-refractivity contribution >= 4 is 23.2 Å². The molecule has 4 rings (SSSR count). The van der Waals surface area contributed by atoms with E-state index in [-0.39, 0.29) is 18.4 Å². The third kappa shape index (κ3) is 3.56. The molecular formula is C18H17N7O2. The number of nitrogens with two attached hydrogens (primary N) is 1. The summed E-state index contributed by atoms with van der Waals surface area (Å²) in [6.07, 6.45) is 5.28. The van der Waals surface area contributed by atoms with Crippen molar-refractivity contribution in [2.75, 3.05) is 18.2 Å². The Hall–Kier alpha value is -3.88. The number of hydrogen-bond donors (Lipinski definition) is 2. The molecule has 0 aliphatic heterocycles. The van der Waals surface area contributed by atoms with Gasteiger partial charge in [0.2, 0.25) is 11.9 Å². The van der Waals surface area contributed by atoms with Gasteiger partial charge < -0.3 is 15.8 Å². The summed E-state index contributed by atoms with van der Waals surface area (Å²) in [5, 5.41) is 11.1. The first kappa shape index (κ1) is 16.6. The van der Waals surface area contributed by atoms with E-state index in [1.807, 2.05) is 12.1 Å². The van der Waals surface area contributed by atoms with Crippen molar-refractivity contribution in [3.05, 3.63) is 55.0 Å². The molecule has 0 spiro atoms. The van der Waals surface area contributed by atoms with Gasteiger partial charge in [-0.25, -0.2) is 4.52 Å². The number of benzene rings is 1. The number of nitrogen functional groups attached to an aromatic ring is 1. The second-order valence-electron chi connectivity index (χ2n) is 5.89. The fourth-order valence-electron chi connectivity index (χ4n) is 2.70. The molecule has 3 heterocycles.